The molecule has 1 unspecified atom stereocenters. The number of esters is 1. The molecule has 1 aliphatic heterocycles. The SMILES string of the molecule is CCOc1cc(C2C(C#N)=C(N)Oc3cc(OC(=O)COc4ccc(C(C)C)cc4)ccc32)ccc1OCc1ccc(Cl)cc1. The molecule has 0 radical (unpaired) electrons. The first-order valence-corrected chi connectivity index (χ1v) is 14.9. The Bertz CT molecular complexity index is 1740. The van der Waals surface area contributed by atoms with Crippen molar-refractivity contribution in [2.24, 2.45) is 5.73 Å². The van der Waals surface area contributed by atoms with E-state index in [9.17, 15) is 10.1 Å². The van der Waals surface area contributed by atoms with Crippen LogP contribution in [0.15, 0.2) is 96.4 Å². The number of nitrogens with two attached hydrogens (primary N) is 1. The summed E-state index contributed by atoms with van der Waals surface area (Å²) >= 11 is 6.00. The second-order valence-electron chi connectivity index (χ2n) is 10.7. The van der Waals surface area contributed by atoms with Gasteiger partial charge in [-0.1, -0.05) is 61.8 Å². The number of benzene rings is 4. The van der Waals surface area contributed by atoms with Gasteiger partial charge in [0.15, 0.2) is 18.1 Å². The second kappa shape index (κ2) is 14.1. The molecule has 0 spiro atoms. The van der Waals surface area contributed by atoms with Gasteiger partial charge in [0.2, 0.25) is 5.88 Å². The monoisotopic (exact) mass is 624 g/mol. The van der Waals surface area contributed by atoms with E-state index >= 15 is 0 Å². The molecular weight excluding hydrogens is 592 g/mol. The van der Waals surface area contributed by atoms with E-state index in [1.165, 1.54) is 5.56 Å². The first kappa shape index (κ1) is 31.3. The van der Waals surface area contributed by atoms with Crippen LogP contribution in [0, 0.1) is 11.3 Å². The lowest BCUT2D eigenvalue weighted by Gasteiger charge is -2.27. The predicted molar refractivity (Wildman–Crippen MR) is 171 cm³/mol. The zero-order valence-electron chi connectivity index (χ0n) is 25.2. The fraction of sp³-hybridized carbons (Fsp3) is 0.222. The maximum absolute atomic E-state index is 12.6. The van der Waals surface area contributed by atoms with Crippen molar-refractivity contribution in [3.8, 4) is 34.8 Å². The quantitative estimate of drug-likeness (QED) is 0.134. The number of fused-ring (bicyclic) bond motifs is 1. The van der Waals surface area contributed by atoms with Crippen LogP contribution in [-0.2, 0) is 11.4 Å². The van der Waals surface area contributed by atoms with E-state index in [4.69, 9.17) is 41.0 Å². The molecule has 0 aliphatic carbocycles. The van der Waals surface area contributed by atoms with Gasteiger partial charge in [0.25, 0.3) is 0 Å². The van der Waals surface area contributed by atoms with Gasteiger partial charge in [0.1, 0.15) is 35.5 Å². The lowest BCUT2D eigenvalue weighted by atomic mass is 9.83. The standard InChI is InChI=1S/C36H33ClN2O6/c1-4-41-33-17-25(9-16-31(33)43-20-23-5-10-26(37)11-6-23)35-29-15-14-28(18-32(29)45-36(39)30(35)19-38)44-34(40)21-42-27-12-7-24(8-13-27)22(2)3/h5-18,22,35H,4,20-21,39H2,1-3H3. The van der Waals surface area contributed by atoms with E-state index in [2.05, 4.69) is 19.9 Å². The van der Waals surface area contributed by atoms with Crippen LogP contribution in [0.4, 0.5) is 0 Å². The molecule has 0 fully saturated rings. The molecule has 230 valence electrons. The average molecular weight is 625 g/mol. The molecule has 0 bridgehead atoms. The van der Waals surface area contributed by atoms with Gasteiger partial charge in [-0.05, 0) is 72.0 Å². The summed E-state index contributed by atoms with van der Waals surface area (Å²) in [5, 5.41) is 10.7. The molecule has 5 rings (SSSR count). The summed E-state index contributed by atoms with van der Waals surface area (Å²) in [6, 6.07) is 27.7. The predicted octanol–water partition coefficient (Wildman–Crippen LogP) is 7.64. The third kappa shape index (κ3) is 7.51. The van der Waals surface area contributed by atoms with E-state index in [1.54, 1.807) is 18.2 Å². The van der Waals surface area contributed by atoms with Crippen LogP contribution in [-0.4, -0.2) is 19.2 Å². The largest absolute Gasteiger partial charge is 0.490 e. The van der Waals surface area contributed by atoms with Gasteiger partial charge in [0.05, 0.1) is 12.5 Å². The summed E-state index contributed by atoms with van der Waals surface area (Å²) in [5.41, 5.74) is 10.0. The van der Waals surface area contributed by atoms with Crippen molar-refractivity contribution in [3.63, 3.8) is 0 Å². The fourth-order valence-electron chi connectivity index (χ4n) is 4.93. The molecule has 4 aromatic rings. The second-order valence-corrected chi connectivity index (χ2v) is 11.1. The van der Waals surface area contributed by atoms with Crippen LogP contribution >= 0.6 is 11.6 Å². The third-order valence-electron chi connectivity index (χ3n) is 7.23. The van der Waals surface area contributed by atoms with Crippen molar-refractivity contribution in [2.75, 3.05) is 13.2 Å². The molecule has 4 aromatic carbocycles. The van der Waals surface area contributed by atoms with Gasteiger partial charge in [-0.15, -0.1) is 0 Å². The first-order valence-electron chi connectivity index (χ1n) is 14.5. The smallest absolute Gasteiger partial charge is 0.349 e. The number of hydrogen-bond acceptors (Lipinski definition) is 8. The van der Waals surface area contributed by atoms with Crippen molar-refractivity contribution >= 4 is 17.6 Å². The Morgan fingerprint density at radius 1 is 0.933 bits per heavy atom. The van der Waals surface area contributed by atoms with E-state index in [0.717, 1.165) is 11.1 Å². The zero-order valence-corrected chi connectivity index (χ0v) is 26.0. The fourth-order valence-corrected chi connectivity index (χ4v) is 5.05. The molecule has 1 atom stereocenters. The number of carbonyl (C=O) groups excluding carboxylic acids is 1. The Labute approximate surface area is 267 Å². The minimum atomic E-state index is -0.577. The lowest BCUT2D eigenvalue weighted by Crippen LogP contribution is -2.22. The molecule has 0 saturated heterocycles. The van der Waals surface area contributed by atoms with Crippen molar-refractivity contribution in [2.45, 2.75) is 39.2 Å². The molecule has 0 amide bonds. The molecule has 1 aliphatic rings. The van der Waals surface area contributed by atoms with Gasteiger partial charge in [0, 0.05) is 16.7 Å². The highest BCUT2D eigenvalue weighted by Gasteiger charge is 2.32. The van der Waals surface area contributed by atoms with Crippen LogP contribution in [0.25, 0.3) is 0 Å². The van der Waals surface area contributed by atoms with Gasteiger partial charge in [-0.25, -0.2) is 4.79 Å². The topological polar surface area (TPSA) is 113 Å². The maximum Gasteiger partial charge on any atom is 0.349 e. The highest BCUT2D eigenvalue weighted by Crippen LogP contribution is 2.45. The van der Waals surface area contributed by atoms with Crippen molar-refractivity contribution in [3.05, 3.63) is 124 Å². The van der Waals surface area contributed by atoms with Gasteiger partial charge >= 0.3 is 5.97 Å². The minimum Gasteiger partial charge on any atom is -0.490 e. The Morgan fingerprint density at radius 3 is 2.36 bits per heavy atom. The molecule has 1 heterocycles. The first-order chi connectivity index (χ1) is 21.7. The van der Waals surface area contributed by atoms with Crippen molar-refractivity contribution in [1.29, 1.82) is 5.26 Å². The summed E-state index contributed by atoms with van der Waals surface area (Å²) < 4.78 is 28.9. The Kier molecular flexibility index (Phi) is 9.81. The summed E-state index contributed by atoms with van der Waals surface area (Å²) in [5.74, 6) is 1.51. The lowest BCUT2D eigenvalue weighted by molar-refractivity contribution is -0.136. The number of ether oxygens (including phenoxy) is 5. The molecule has 0 aromatic heterocycles. The number of halogens is 1. The van der Waals surface area contributed by atoms with Gasteiger partial charge in [-0.3, -0.25) is 0 Å². The van der Waals surface area contributed by atoms with Crippen molar-refractivity contribution in [1.82, 2.24) is 0 Å². The number of hydrogen-bond donors (Lipinski definition) is 1. The van der Waals surface area contributed by atoms with Gasteiger partial charge < -0.3 is 29.4 Å². The van der Waals surface area contributed by atoms with Crippen LogP contribution in [0.3, 0.4) is 0 Å². The minimum absolute atomic E-state index is 0.0346. The molecule has 45 heavy (non-hydrogen) atoms. The van der Waals surface area contributed by atoms with E-state index < -0.39 is 11.9 Å². The third-order valence-corrected chi connectivity index (χ3v) is 7.49. The molecule has 0 saturated carbocycles. The van der Waals surface area contributed by atoms with E-state index in [-0.39, 0.29) is 23.8 Å². The van der Waals surface area contributed by atoms with Crippen LogP contribution < -0.4 is 29.4 Å². The highest BCUT2D eigenvalue weighted by molar-refractivity contribution is 6.30. The number of nitrogens with zero attached hydrogens (tertiary/aromatic N) is 1. The summed E-state index contributed by atoms with van der Waals surface area (Å²) in [4.78, 5) is 12.6. The van der Waals surface area contributed by atoms with Crippen LogP contribution in [0.5, 0.6) is 28.7 Å². The van der Waals surface area contributed by atoms with E-state index in [0.29, 0.717) is 52.7 Å². The number of allylic oxidation sites excluding steroid dienone is 1. The Morgan fingerprint density at radius 2 is 1.67 bits per heavy atom. The Balaban J connectivity index is 1.34. The van der Waals surface area contributed by atoms with Crippen molar-refractivity contribution < 1.29 is 28.5 Å². The maximum atomic E-state index is 12.6. The van der Waals surface area contributed by atoms with Crippen LogP contribution in [0.2, 0.25) is 5.02 Å². The van der Waals surface area contributed by atoms with Crippen LogP contribution in [0.1, 0.15) is 54.9 Å². The average Bonchev–Trinajstić information content (AvgIpc) is 3.03. The summed E-state index contributed by atoms with van der Waals surface area (Å²) in [6.07, 6.45) is 0. The summed E-state index contributed by atoms with van der Waals surface area (Å²) in [7, 11) is 0. The number of nitriles is 1. The zero-order chi connectivity index (χ0) is 31.9. The van der Waals surface area contributed by atoms with Gasteiger partial charge in [-0.2, -0.15) is 5.26 Å². The molecule has 9 heteroatoms. The normalized spacial score (nSPS) is 13.8. The molecule has 2 N–H and O–H groups in total. The highest BCUT2D eigenvalue weighted by atomic mass is 35.5. The molecule has 8 nitrogen and oxygen atoms in total. The van der Waals surface area contributed by atoms with E-state index in [1.807, 2.05) is 73.7 Å². The summed E-state index contributed by atoms with van der Waals surface area (Å²) in [6.45, 7) is 6.57. The Hall–Kier alpha value is -5.13. The number of carbonyl (C=O) groups is 1. The molecular formula is C36H33ClN2O6. The number of rotatable bonds is 11.